The van der Waals surface area contributed by atoms with E-state index in [0.717, 1.165) is 0 Å². The maximum Gasteiger partial charge on any atom is 0.276 e. The van der Waals surface area contributed by atoms with Gasteiger partial charge in [0.1, 0.15) is 0 Å². The molecule has 1 N–H and O–H groups in total. The fourth-order valence-corrected chi connectivity index (χ4v) is 3.07. The summed E-state index contributed by atoms with van der Waals surface area (Å²) in [5.41, 5.74) is 0.524. The Bertz CT molecular complexity index is 870. The van der Waals surface area contributed by atoms with Gasteiger partial charge in [-0.05, 0) is 24.3 Å². The van der Waals surface area contributed by atoms with Crippen molar-refractivity contribution in [3.63, 3.8) is 0 Å². The van der Waals surface area contributed by atoms with E-state index < -0.39 is 10.0 Å². The molecule has 0 amide bonds. The number of hydrogen-bond donors (Lipinski definition) is 1. The quantitative estimate of drug-likeness (QED) is 0.608. The highest BCUT2D eigenvalue weighted by atomic mass is 35.5. The van der Waals surface area contributed by atoms with Crippen molar-refractivity contribution in [2.75, 3.05) is 14.2 Å². The summed E-state index contributed by atoms with van der Waals surface area (Å²) in [5, 5.41) is 4.55. The van der Waals surface area contributed by atoms with E-state index in [9.17, 15) is 8.42 Å². The third kappa shape index (κ3) is 4.31. The number of nitrogens with one attached hydrogen (secondary N) is 1. The Morgan fingerprint density at radius 3 is 2.38 bits per heavy atom. The summed E-state index contributed by atoms with van der Waals surface area (Å²) in [5.74, 6) is 0.720. The molecule has 6 nitrogen and oxygen atoms in total. The molecule has 2 rings (SSSR count). The summed E-state index contributed by atoms with van der Waals surface area (Å²) in [6.45, 7) is 0. The monoisotopic (exact) mass is 388 g/mol. The van der Waals surface area contributed by atoms with Crippen LogP contribution in [0, 0.1) is 0 Å². The second kappa shape index (κ2) is 7.74. The molecule has 24 heavy (non-hydrogen) atoms. The van der Waals surface area contributed by atoms with Crippen LogP contribution in [0.25, 0.3) is 0 Å². The summed E-state index contributed by atoms with van der Waals surface area (Å²) >= 11 is 11.8. The van der Waals surface area contributed by atoms with Crippen LogP contribution in [-0.4, -0.2) is 28.9 Å². The van der Waals surface area contributed by atoms with Gasteiger partial charge >= 0.3 is 0 Å². The van der Waals surface area contributed by atoms with Gasteiger partial charge in [0.2, 0.25) is 0 Å². The predicted molar refractivity (Wildman–Crippen MR) is 93.9 cm³/mol. The van der Waals surface area contributed by atoms with Crippen LogP contribution < -0.4 is 14.3 Å². The van der Waals surface area contributed by atoms with Crippen molar-refractivity contribution < 1.29 is 17.9 Å². The van der Waals surface area contributed by atoms with Crippen molar-refractivity contribution in [1.29, 1.82) is 0 Å². The van der Waals surface area contributed by atoms with Crippen LogP contribution in [0.4, 0.5) is 0 Å². The minimum absolute atomic E-state index is 0.0143. The average molecular weight is 389 g/mol. The maximum atomic E-state index is 12.3. The molecule has 0 spiro atoms. The summed E-state index contributed by atoms with van der Waals surface area (Å²) in [4.78, 5) is 2.09. The van der Waals surface area contributed by atoms with Crippen LogP contribution in [0.5, 0.6) is 11.5 Å². The molecule has 0 atom stereocenters. The molecule has 9 heteroatoms. The molecule has 0 aliphatic heterocycles. The van der Waals surface area contributed by atoms with E-state index in [1.165, 1.54) is 44.7 Å². The van der Waals surface area contributed by atoms with Crippen LogP contribution in [-0.2, 0) is 10.0 Å². The van der Waals surface area contributed by atoms with E-state index in [1.54, 1.807) is 12.1 Å². The lowest BCUT2D eigenvalue weighted by Gasteiger charge is -2.09. The summed E-state index contributed by atoms with van der Waals surface area (Å²) in [6.07, 6.45) is 1.29. The molecule has 2 aromatic carbocycles. The molecule has 0 aromatic heterocycles. The van der Waals surface area contributed by atoms with E-state index in [2.05, 4.69) is 9.93 Å². The lowest BCUT2D eigenvalue weighted by atomic mass is 10.2. The van der Waals surface area contributed by atoms with Gasteiger partial charge in [0.25, 0.3) is 10.0 Å². The van der Waals surface area contributed by atoms with Crippen molar-refractivity contribution in [1.82, 2.24) is 4.83 Å². The van der Waals surface area contributed by atoms with Gasteiger partial charge in [-0.1, -0.05) is 29.3 Å². The van der Waals surface area contributed by atoms with Crippen molar-refractivity contribution >= 4 is 39.4 Å². The van der Waals surface area contributed by atoms with Gasteiger partial charge in [0.05, 0.1) is 30.4 Å². The minimum atomic E-state index is -3.86. The van der Waals surface area contributed by atoms with Gasteiger partial charge in [0.15, 0.2) is 11.5 Å². The molecule has 0 heterocycles. The van der Waals surface area contributed by atoms with Crippen molar-refractivity contribution in [3.8, 4) is 11.5 Å². The van der Waals surface area contributed by atoms with Crippen LogP contribution >= 0.6 is 23.2 Å². The van der Waals surface area contributed by atoms with E-state index in [4.69, 9.17) is 32.7 Å². The fourth-order valence-electron chi connectivity index (χ4n) is 1.81. The number of benzene rings is 2. The van der Waals surface area contributed by atoms with Gasteiger partial charge in [-0.15, -0.1) is 0 Å². The largest absolute Gasteiger partial charge is 0.493 e. The van der Waals surface area contributed by atoms with Crippen molar-refractivity contribution in [3.05, 3.63) is 52.0 Å². The van der Waals surface area contributed by atoms with Crippen LogP contribution in [0.3, 0.4) is 0 Å². The molecule has 0 aliphatic rings. The zero-order chi connectivity index (χ0) is 17.7. The number of ether oxygens (including phenoxy) is 2. The third-order valence-corrected chi connectivity index (χ3v) is 4.79. The van der Waals surface area contributed by atoms with Gasteiger partial charge in [-0.3, -0.25) is 0 Å². The molecular formula is C15H14Cl2N2O4S. The first kappa shape index (κ1) is 18.4. The Labute approximate surface area is 150 Å². The molecule has 0 radical (unpaired) electrons. The first-order valence-corrected chi connectivity index (χ1v) is 8.83. The first-order valence-electron chi connectivity index (χ1n) is 6.59. The molecule has 0 saturated heterocycles. The summed E-state index contributed by atoms with van der Waals surface area (Å²) < 4.78 is 34.7. The van der Waals surface area contributed by atoms with Gasteiger partial charge < -0.3 is 9.47 Å². The minimum Gasteiger partial charge on any atom is -0.493 e. The lowest BCUT2D eigenvalue weighted by molar-refractivity contribution is 0.354. The number of nitrogens with zero attached hydrogens (tertiary/aromatic N) is 1. The third-order valence-electron chi connectivity index (χ3n) is 3.00. The average Bonchev–Trinajstić information content (AvgIpc) is 2.56. The van der Waals surface area contributed by atoms with Gasteiger partial charge in [0, 0.05) is 16.7 Å². The highest BCUT2D eigenvalue weighted by molar-refractivity contribution is 7.89. The topological polar surface area (TPSA) is 77.0 Å². The highest BCUT2D eigenvalue weighted by Gasteiger charge is 2.16. The summed E-state index contributed by atoms with van der Waals surface area (Å²) in [6, 6.07) is 9.00. The second-order valence-corrected chi connectivity index (χ2v) is 7.04. The van der Waals surface area contributed by atoms with Crippen LogP contribution in [0.15, 0.2) is 46.4 Å². The van der Waals surface area contributed by atoms with Crippen molar-refractivity contribution in [2.24, 2.45) is 5.10 Å². The highest BCUT2D eigenvalue weighted by Crippen LogP contribution is 2.29. The predicted octanol–water partition coefficient (Wildman–Crippen LogP) is 3.32. The number of sulfonamides is 1. The number of hydrazone groups is 1. The van der Waals surface area contributed by atoms with Crippen LogP contribution in [0.2, 0.25) is 10.0 Å². The SMILES string of the molecule is COc1ccc(S(=O)(=O)N/N=C/c2ccc(Cl)cc2Cl)cc1OC. The normalized spacial score (nSPS) is 11.5. The molecule has 0 unspecified atom stereocenters. The Morgan fingerprint density at radius 2 is 1.75 bits per heavy atom. The van der Waals surface area contributed by atoms with E-state index in [1.807, 2.05) is 0 Å². The Hall–Kier alpha value is -1.96. The Morgan fingerprint density at radius 1 is 1.04 bits per heavy atom. The van der Waals surface area contributed by atoms with E-state index in [-0.39, 0.29) is 4.90 Å². The summed E-state index contributed by atoms with van der Waals surface area (Å²) in [7, 11) is -0.980. The molecule has 0 saturated carbocycles. The molecule has 128 valence electrons. The lowest BCUT2D eigenvalue weighted by Crippen LogP contribution is -2.18. The number of halogens is 2. The number of methoxy groups -OCH3 is 2. The number of rotatable bonds is 6. The Kier molecular flexibility index (Phi) is 5.93. The van der Waals surface area contributed by atoms with Gasteiger partial charge in [-0.2, -0.15) is 13.5 Å². The van der Waals surface area contributed by atoms with E-state index >= 15 is 0 Å². The van der Waals surface area contributed by atoms with Crippen molar-refractivity contribution in [2.45, 2.75) is 4.90 Å². The smallest absolute Gasteiger partial charge is 0.276 e. The molecule has 0 bridgehead atoms. The zero-order valence-electron chi connectivity index (χ0n) is 12.8. The van der Waals surface area contributed by atoms with E-state index in [0.29, 0.717) is 27.1 Å². The van der Waals surface area contributed by atoms with Gasteiger partial charge in [-0.25, -0.2) is 4.83 Å². The number of hydrogen-bond acceptors (Lipinski definition) is 5. The first-order chi connectivity index (χ1) is 11.4. The maximum absolute atomic E-state index is 12.3. The van der Waals surface area contributed by atoms with Crippen LogP contribution in [0.1, 0.15) is 5.56 Å². The molecular weight excluding hydrogens is 375 g/mol. The zero-order valence-corrected chi connectivity index (χ0v) is 15.1. The standard InChI is InChI=1S/C15H14Cl2N2O4S/c1-22-14-6-5-12(8-15(14)23-2)24(20,21)19-18-9-10-3-4-11(16)7-13(10)17/h3-9,19H,1-2H3/b18-9+. The molecule has 0 aliphatic carbocycles. The molecule has 2 aromatic rings. The Balaban J connectivity index is 2.20. The molecule has 0 fully saturated rings. The second-order valence-electron chi connectivity index (χ2n) is 4.54. The fraction of sp³-hybridized carbons (Fsp3) is 0.133.